The topological polar surface area (TPSA) is 124 Å². The summed E-state index contributed by atoms with van der Waals surface area (Å²) in [6, 6.07) is -1.59. The number of fused-ring (bicyclic) bond motifs is 1. The van der Waals surface area contributed by atoms with Gasteiger partial charge in [0.05, 0.1) is 5.60 Å². The third-order valence-electron chi connectivity index (χ3n) is 8.76. The first-order valence-corrected chi connectivity index (χ1v) is 11.7. The first kappa shape index (κ1) is 21.0. The predicted octanol–water partition coefficient (Wildman–Crippen LogP) is 1.94. The normalized spacial score (nSPS) is 43.5. The van der Waals surface area contributed by atoms with E-state index in [9.17, 15) is 24.6 Å². The molecule has 8 nitrogen and oxygen atoms in total. The summed E-state index contributed by atoms with van der Waals surface area (Å²) < 4.78 is 0. The van der Waals surface area contributed by atoms with Crippen LogP contribution in [0.4, 0.5) is 4.79 Å². The molecule has 8 heteroatoms. The lowest BCUT2D eigenvalue weighted by atomic mass is 9.45. The zero-order chi connectivity index (χ0) is 22.5. The minimum Gasteiger partial charge on any atom is -0.465 e. The molecule has 172 valence electrons. The molecular weight excluding hydrogens is 398 g/mol. The Kier molecular flexibility index (Phi) is 4.32. The molecule has 6 rings (SSSR count). The van der Waals surface area contributed by atoms with Gasteiger partial charge in [-0.25, -0.2) is 4.79 Å². The average Bonchev–Trinajstić information content (AvgIpc) is 3.25. The maximum absolute atomic E-state index is 14.2. The van der Waals surface area contributed by atoms with Gasteiger partial charge in [-0.2, -0.15) is 0 Å². The van der Waals surface area contributed by atoms with Gasteiger partial charge in [0.15, 0.2) is 0 Å². The number of carbonyl (C=O) groups excluding carboxylic acids is 2. The van der Waals surface area contributed by atoms with Crippen LogP contribution in [-0.4, -0.2) is 67.2 Å². The van der Waals surface area contributed by atoms with E-state index in [-0.39, 0.29) is 17.9 Å². The summed E-state index contributed by atoms with van der Waals surface area (Å²) in [5.41, 5.74) is 3.43. The van der Waals surface area contributed by atoms with Crippen LogP contribution < -0.4 is 5.73 Å². The quantitative estimate of drug-likeness (QED) is 0.625. The monoisotopic (exact) mass is 433 g/mol. The first-order valence-electron chi connectivity index (χ1n) is 11.7. The van der Waals surface area contributed by atoms with E-state index in [0.29, 0.717) is 24.7 Å². The van der Waals surface area contributed by atoms with Crippen molar-refractivity contribution in [2.75, 3.05) is 0 Å². The third-order valence-corrected chi connectivity index (χ3v) is 8.76. The van der Waals surface area contributed by atoms with E-state index in [0.717, 1.165) is 38.5 Å². The van der Waals surface area contributed by atoms with Crippen molar-refractivity contribution < 1.29 is 24.6 Å². The molecule has 0 aromatic rings. The van der Waals surface area contributed by atoms with Gasteiger partial charge in [-0.05, 0) is 89.9 Å². The average molecular weight is 434 g/mol. The van der Waals surface area contributed by atoms with Crippen molar-refractivity contribution >= 4 is 17.9 Å². The lowest BCUT2D eigenvalue weighted by Crippen LogP contribution is -2.70. The molecule has 3 amide bonds. The Labute approximate surface area is 183 Å². The molecule has 1 saturated heterocycles. The van der Waals surface area contributed by atoms with Gasteiger partial charge in [-0.3, -0.25) is 14.5 Å². The lowest BCUT2D eigenvalue weighted by molar-refractivity contribution is -0.195. The van der Waals surface area contributed by atoms with Gasteiger partial charge in [0.25, 0.3) is 0 Å². The molecule has 0 unspecified atom stereocenters. The molecule has 5 saturated carbocycles. The fourth-order valence-corrected chi connectivity index (χ4v) is 8.20. The fourth-order valence-electron chi connectivity index (χ4n) is 8.20. The largest absolute Gasteiger partial charge is 0.465 e. The van der Waals surface area contributed by atoms with Crippen molar-refractivity contribution in [1.82, 2.24) is 9.80 Å². The van der Waals surface area contributed by atoms with Crippen LogP contribution in [0.5, 0.6) is 0 Å². The molecule has 6 fully saturated rings. The van der Waals surface area contributed by atoms with E-state index in [1.807, 2.05) is 20.8 Å². The van der Waals surface area contributed by atoms with Crippen molar-refractivity contribution in [2.45, 2.75) is 101 Å². The van der Waals surface area contributed by atoms with Gasteiger partial charge in [-0.15, -0.1) is 0 Å². The predicted molar refractivity (Wildman–Crippen MR) is 112 cm³/mol. The van der Waals surface area contributed by atoms with Crippen molar-refractivity contribution in [2.24, 2.45) is 28.9 Å². The Morgan fingerprint density at radius 1 is 1.06 bits per heavy atom. The number of nitrogens with zero attached hydrogens (tertiary/aromatic N) is 2. The van der Waals surface area contributed by atoms with E-state index >= 15 is 0 Å². The number of nitrogens with two attached hydrogens (primary N) is 1. The Bertz CT molecular complexity index is 822. The Morgan fingerprint density at radius 2 is 1.68 bits per heavy atom. The second kappa shape index (κ2) is 6.36. The van der Waals surface area contributed by atoms with Crippen molar-refractivity contribution in [3.05, 3.63) is 0 Å². The summed E-state index contributed by atoms with van der Waals surface area (Å²) in [5, 5.41) is 21.6. The van der Waals surface area contributed by atoms with E-state index in [1.54, 1.807) is 4.90 Å². The van der Waals surface area contributed by atoms with Crippen molar-refractivity contribution in [3.63, 3.8) is 0 Å². The summed E-state index contributed by atoms with van der Waals surface area (Å²) in [6.45, 7) is 5.43. The molecular formula is C23H35N3O5. The minimum atomic E-state index is -1.13. The van der Waals surface area contributed by atoms with Crippen molar-refractivity contribution in [3.8, 4) is 0 Å². The Balaban J connectivity index is 1.60. The second-order valence-corrected chi connectivity index (χ2v) is 12.2. The smallest absolute Gasteiger partial charge is 0.408 e. The molecule has 0 radical (unpaired) electrons. The van der Waals surface area contributed by atoms with Crippen LogP contribution in [0.3, 0.4) is 0 Å². The second-order valence-electron chi connectivity index (χ2n) is 12.2. The number of carboxylic acid groups (broad SMARTS) is 1. The van der Waals surface area contributed by atoms with E-state index < -0.39 is 40.6 Å². The SMILES string of the molecule is CC(C)(C)N(C(=O)O)[C@@H](C(=O)N1[C@H](C(N)=O)C[C@@H]2C[C@@H]21)C12C[C@H]3C[C@@H](CC(O)(C3)C1)C2. The number of piperidine rings is 1. The molecule has 6 atom stereocenters. The number of primary amides is 1. The highest BCUT2D eigenvalue weighted by atomic mass is 16.4. The van der Waals surface area contributed by atoms with Crippen LogP contribution in [0.1, 0.15) is 72.1 Å². The molecule has 0 aromatic carbocycles. The summed E-state index contributed by atoms with van der Waals surface area (Å²) in [7, 11) is 0. The molecule has 1 aliphatic heterocycles. The number of likely N-dealkylation sites (tertiary alicyclic amines) is 1. The maximum atomic E-state index is 14.2. The van der Waals surface area contributed by atoms with Gasteiger partial charge in [-0.1, -0.05) is 0 Å². The molecule has 6 aliphatic rings. The molecule has 4 N–H and O–H groups in total. The van der Waals surface area contributed by atoms with Crippen LogP contribution in [0.25, 0.3) is 0 Å². The van der Waals surface area contributed by atoms with Gasteiger partial charge in [0, 0.05) is 17.0 Å². The molecule has 0 spiro atoms. The zero-order valence-electron chi connectivity index (χ0n) is 18.7. The van der Waals surface area contributed by atoms with Crippen LogP contribution in [-0.2, 0) is 9.59 Å². The third kappa shape index (κ3) is 3.16. The number of carbonyl (C=O) groups is 3. The summed E-state index contributed by atoms with van der Waals surface area (Å²) in [6.07, 6.45) is 4.79. The molecule has 4 bridgehead atoms. The molecule has 1 heterocycles. The number of amides is 3. The van der Waals surface area contributed by atoms with Crippen molar-refractivity contribution in [1.29, 1.82) is 0 Å². The number of hydrogen-bond donors (Lipinski definition) is 3. The summed E-state index contributed by atoms with van der Waals surface area (Å²) in [5.74, 6) is 0.126. The highest BCUT2D eigenvalue weighted by Crippen LogP contribution is 2.64. The Hall–Kier alpha value is -1.83. The van der Waals surface area contributed by atoms with Crippen LogP contribution in [0.2, 0.25) is 0 Å². The fraction of sp³-hybridized carbons (Fsp3) is 0.870. The minimum absolute atomic E-state index is 0.0138. The molecule has 31 heavy (non-hydrogen) atoms. The Morgan fingerprint density at radius 3 is 2.16 bits per heavy atom. The number of aliphatic hydroxyl groups is 1. The zero-order valence-corrected chi connectivity index (χ0v) is 18.7. The summed E-state index contributed by atoms with van der Waals surface area (Å²) in [4.78, 5) is 41.9. The van der Waals surface area contributed by atoms with Crippen LogP contribution >= 0.6 is 0 Å². The highest BCUT2D eigenvalue weighted by Gasteiger charge is 2.66. The van der Waals surface area contributed by atoms with Gasteiger partial charge in [0.1, 0.15) is 12.1 Å². The van der Waals surface area contributed by atoms with Gasteiger partial charge >= 0.3 is 6.09 Å². The number of hydrogen-bond acceptors (Lipinski definition) is 4. The van der Waals surface area contributed by atoms with E-state index in [2.05, 4.69) is 0 Å². The maximum Gasteiger partial charge on any atom is 0.408 e. The van der Waals surface area contributed by atoms with E-state index in [4.69, 9.17) is 5.73 Å². The standard InChI is InChI=1S/C23H35N3O5/c1-21(2,3)26(20(29)30)17(19(28)25-15-5-14(15)6-16(25)18(24)27)22-7-12-4-13(8-22)10-23(31,9-12)11-22/h12-17,31H,4-11H2,1-3H3,(H2,24,27)(H,29,30)/t12-,13-,14+,15+,16+,17+,22?,23?/m1/s1. The van der Waals surface area contributed by atoms with Crippen LogP contribution in [0.15, 0.2) is 0 Å². The molecule has 5 aliphatic carbocycles. The summed E-state index contributed by atoms with van der Waals surface area (Å²) >= 11 is 0. The highest BCUT2D eigenvalue weighted by molar-refractivity contribution is 5.93. The number of rotatable bonds is 4. The lowest BCUT2D eigenvalue weighted by Gasteiger charge is -2.64. The van der Waals surface area contributed by atoms with Crippen LogP contribution in [0, 0.1) is 23.2 Å². The van der Waals surface area contributed by atoms with E-state index in [1.165, 1.54) is 4.90 Å². The van der Waals surface area contributed by atoms with Gasteiger partial charge in [0.2, 0.25) is 11.8 Å². The van der Waals surface area contributed by atoms with Gasteiger partial charge < -0.3 is 20.8 Å². The first-order chi connectivity index (χ1) is 14.3. The molecule has 0 aromatic heterocycles.